The van der Waals surface area contributed by atoms with Gasteiger partial charge in [-0.3, -0.25) is 4.79 Å². The van der Waals surface area contributed by atoms with Gasteiger partial charge in [0.15, 0.2) is 0 Å². The molecule has 4 atom stereocenters. The topological polar surface area (TPSA) is 26.3 Å². The lowest BCUT2D eigenvalue weighted by atomic mass is 9.59. The number of allylic oxidation sites excluding steroid dienone is 3. The van der Waals surface area contributed by atoms with Crippen molar-refractivity contribution in [2.75, 3.05) is 0 Å². The first-order valence-electron chi connectivity index (χ1n) is 13.4. The fourth-order valence-electron chi connectivity index (χ4n) is 7.12. The summed E-state index contributed by atoms with van der Waals surface area (Å²) in [5, 5.41) is 0. The van der Waals surface area contributed by atoms with Gasteiger partial charge >= 0.3 is 5.97 Å². The normalized spacial score (nSPS) is 31.7. The second kappa shape index (κ2) is 11.6. The maximum atomic E-state index is 14.4. The summed E-state index contributed by atoms with van der Waals surface area (Å²) >= 11 is 0. The van der Waals surface area contributed by atoms with E-state index in [1.54, 1.807) is 6.08 Å². The van der Waals surface area contributed by atoms with Crippen molar-refractivity contribution in [3.63, 3.8) is 0 Å². The number of rotatable bonds is 7. The van der Waals surface area contributed by atoms with Gasteiger partial charge in [-0.25, -0.2) is 8.78 Å². The highest BCUT2D eigenvalue weighted by atomic mass is 19.1. The summed E-state index contributed by atoms with van der Waals surface area (Å²) in [5.74, 6) is 1.51. The molecule has 0 bridgehead atoms. The molecule has 0 heterocycles. The molecule has 0 spiro atoms. The van der Waals surface area contributed by atoms with Crippen molar-refractivity contribution in [2.24, 2.45) is 35.5 Å². The predicted molar refractivity (Wildman–Crippen MR) is 132 cm³/mol. The van der Waals surface area contributed by atoms with Gasteiger partial charge in [-0.2, -0.15) is 0 Å². The minimum Gasteiger partial charge on any atom is -0.426 e. The van der Waals surface area contributed by atoms with Gasteiger partial charge in [-0.05, 0) is 101 Å². The third kappa shape index (κ3) is 5.80. The van der Waals surface area contributed by atoms with E-state index in [0.717, 1.165) is 49.1 Å². The fourth-order valence-corrected chi connectivity index (χ4v) is 7.12. The molecular weight excluding hydrogens is 430 g/mol. The largest absolute Gasteiger partial charge is 0.426 e. The summed E-state index contributed by atoms with van der Waals surface area (Å²) in [7, 11) is 0. The van der Waals surface area contributed by atoms with Gasteiger partial charge in [0, 0.05) is 17.7 Å². The van der Waals surface area contributed by atoms with Crippen LogP contribution in [0.3, 0.4) is 0 Å². The lowest BCUT2D eigenvalue weighted by Crippen LogP contribution is -2.40. The monoisotopic (exact) mass is 470 g/mol. The zero-order valence-corrected chi connectivity index (χ0v) is 20.6. The Morgan fingerprint density at radius 2 is 1.71 bits per heavy atom. The van der Waals surface area contributed by atoms with Crippen molar-refractivity contribution in [2.45, 2.75) is 84.0 Å². The standard InChI is InChI=1S/C30H40F2O2/c1-3-5-9-27-28(31)18-24(19-29(27)32)34-30(33)26-10-6-8-23-17-22(15-16-25(23)26)21-13-11-20(7-4-2)12-14-21/h3-4,7,18-23,25-26H,1,5-6,8-17H2,2H3/b7-4+. The third-order valence-corrected chi connectivity index (χ3v) is 8.87. The van der Waals surface area contributed by atoms with Crippen LogP contribution >= 0.6 is 0 Å². The highest BCUT2D eigenvalue weighted by Gasteiger charge is 2.43. The van der Waals surface area contributed by atoms with Crippen molar-refractivity contribution >= 4 is 5.97 Å². The first-order chi connectivity index (χ1) is 16.5. The molecule has 2 nitrogen and oxygen atoms in total. The van der Waals surface area contributed by atoms with E-state index in [9.17, 15) is 13.6 Å². The van der Waals surface area contributed by atoms with Crippen LogP contribution in [0.1, 0.15) is 83.1 Å². The molecule has 0 saturated heterocycles. The van der Waals surface area contributed by atoms with Gasteiger partial charge in [-0.15, -0.1) is 6.58 Å². The molecule has 4 unspecified atom stereocenters. The number of carbonyl (C=O) groups is 1. The van der Waals surface area contributed by atoms with Crippen LogP contribution in [0.2, 0.25) is 0 Å². The Kier molecular flexibility index (Phi) is 8.60. The molecule has 34 heavy (non-hydrogen) atoms. The van der Waals surface area contributed by atoms with Crippen LogP contribution in [-0.2, 0) is 11.2 Å². The van der Waals surface area contributed by atoms with Crippen molar-refractivity contribution in [3.05, 3.63) is 54.1 Å². The van der Waals surface area contributed by atoms with Crippen molar-refractivity contribution in [3.8, 4) is 5.75 Å². The van der Waals surface area contributed by atoms with Gasteiger partial charge in [0.2, 0.25) is 0 Å². The third-order valence-electron chi connectivity index (χ3n) is 8.87. The first kappa shape index (κ1) is 25.1. The summed E-state index contributed by atoms with van der Waals surface area (Å²) in [6.07, 6.45) is 18.8. The van der Waals surface area contributed by atoms with E-state index in [0.29, 0.717) is 18.3 Å². The van der Waals surface area contributed by atoms with E-state index in [4.69, 9.17) is 4.74 Å². The molecule has 4 heteroatoms. The number of fused-ring (bicyclic) bond motifs is 1. The van der Waals surface area contributed by atoms with Gasteiger partial charge in [0.1, 0.15) is 17.4 Å². The molecule has 3 saturated carbocycles. The Bertz CT molecular complexity index is 861. The molecule has 186 valence electrons. The maximum absolute atomic E-state index is 14.4. The smallest absolute Gasteiger partial charge is 0.314 e. The van der Waals surface area contributed by atoms with E-state index < -0.39 is 11.6 Å². The number of halogens is 2. The van der Waals surface area contributed by atoms with E-state index in [2.05, 4.69) is 25.7 Å². The van der Waals surface area contributed by atoms with E-state index >= 15 is 0 Å². The van der Waals surface area contributed by atoms with Crippen molar-refractivity contribution < 1.29 is 18.3 Å². The van der Waals surface area contributed by atoms with E-state index in [1.165, 1.54) is 44.9 Å². The Morgan fingerprint density at radius 1 is 1.00 bits per heavy atom. The minimum absolute atomic E-state index is 0.0175. The number of hydrogen-bond acceptors (Lipinski definition) is 2. The summed E-state index contributed by atoms with van der Waals surface area (Å²) in [6.45, 7) is 5.72. The molecule has 0 radical (unpaired) electrons. The second-order valence-corrected chi connectivity index (χ2v) is 10.8. The van der Waals surface area contributed by atoms with E-state index in [-0.39, 0.29) is 29.6 Å². The molecule has 3 aliphatic rings. The molecule has 0 N–H and O–H groups in total. The minimum atomic E-state index is -0.657. The van der Waals surface area contributed by atoms with Gasteiger partial charge in [0.05, 0.1) is 5.92 Å². The number of ether oxygens (including phenoxy) is 1. The highest BCUT2D eigenvalue weighted by molar-refractivity contribution is 5.75. The van der Waals surface area contributed by atoms with Gasteiger partial charge in [0.25, 0.3) is 0 Å². The average Bonchev–Trinajstić information content (AvgIpc) is 2.83. The average molecular weight is 471 g/mol. The summed E-state index contributed by atoms with van der Waals surface area (Å²) < 4.78 is 34.4. The SMILES string of the molecule is C=CCCc1c(F)cc(OC(=O)C2CCCC3CC(C4CCC(/C=C/C)CC4)CCC32)cc1F. The zero-order chi connectivity index (χ0) is 24.1. The quantitative estimate of drug-likeness (QED) is 0.228. The molecule has 1 aromatic carbocycles. The lowest BCUT2D eigenvalue weighted by Gasteiger charge is -2.45. The van der Waals surface area contributed by atoms with Crippen LogP contribution in [0.25, 0.3) is 0 Å². The molecule has 3 aliphatic carbocycles. The summed E-state index contributed by atoms with van der Waals surface area (Å²) in [5.41, 5.74) is 0.0236. The van der Waals surface area contributed by atoms with Crippen LogP contribution in [0, 0.1) is 47.1 Å². The van der Waals surface area contributed by atoms with Gasteiger partial charge < -0.3 is 4.74 Å². The number of hydrogen-bond donors (Lipinski definition) is 0. The molecule has 0 aliphatic heterocycles. The first-order valence-corrected chi connectivity index (χ1v) is 13.4. The molecule has 4 rings (SSSR count). The van der Waals surface area contributed by atoms with Crippen LogP contribution in [-0.4, -0.2) is 5.97 Å². The highest BCUT2D eigenvalue weighted by Crippen LogP contribution is 2.50. The van der Waals surface area contributed by atoms with Crippen molar-refractivity contribution in [1.82, 2.24) is 0 Å². The van der Waals surface area contributed by atoms with Crippen LogP contribution < -0.4 is 4.74 Å². The predicted octanol–water partition coefficient (Wildman–Crippen LogP) is 8.20. The van der Waals surface area contributed by atoms with Crippen molar-refractivity contribution in [1.29, 1.82) is 0 Å². The Hall–Kier alpha value is -1.97. The molecular formula is C30H40F2O2. The molecule has 0 aromatic heterocycles. The van der Waals surface area contributed by atoms with Crippen LogP contribution in [0.4, 0.5) is 8.78 Å². The second-order valence-electron chi connectivity index (χ2n) is 10.8. The number of esters is 1. The van der Waals surface area contributed by atoms with Crippen LogP contribution in [0.15, 0.2) is 36.9 Å². The van der Waals surface area contributed by atoms with Crippen LogP contribution in [0.5, 0.6) is 5.75 Å². The maximum Gasteiger partial charge on any atom is 0.314 e. The Morgan fingerprint density at radius 3 is 2.38 bits per heavy atom. The lowest BCUT2D eigenvalue weighted by molar-refractivity contribution is -0.144. The number of carbonyl (C=O) groups excluding carboxylic acids is 1. The summed E-state index contributed by atoms with van der Waals surface area (Å²) in [4.78, 5) is 13.1. The molecule has 1 aromatic rings. The zero-order valence-electron chi connectivity index (χ0n) is 20.6. The Balaban J connectivity index is 1.35. The van der Waals surface area contributed by atoms with E-state index in [1.807, 2.05) is 0 Å². The Labute approximate surface area is 203 Å². The summed E-state index contributed by atoms with van der Waals surface area (Å²) in [6, 6.07) is 2.31. The number of benzene rings is 1. The fraction of sp³-hybridized carbons (Fsp3) is 0.633. The molecule has 3 fully saturated rings. The van der Waals surface area contributed by atoms with Gasteiger partial charge in [-0.1, -0.05) is 31.1 Å². The molecule has 0 amide bonds.